The highest BCUT2D eigenvalue weighted by atomic mass is 79.9. The smallest absolute Gasteiger partial charge is 0.241 e. The Morgan fingerprint density at radius 3 is 2.75 bits per heavy atom. The van der Waals surface area contributed by atoms with Crippen molar-refractivity contribution in [1.29, 1.82) is 0 Å². The number of nitrogens with zero attached hydrogens (tertiary/aromatic N) is 1. The van der Waals surface area contributed by atoms with Crippen LogP contribution in [-0.4, -0.2) is 24.8 Å². The van der Waals surface area contributed by atoms with Crippen molar-refractivity contribution >= 4 is 36.7 Å². The van der Waals surface area contributed by atoms with Crippen LogP contribution in [0.4, 0.5) is 0 Å². The summed E-state index contributed by atoms with van der Waals surface area (Å²) in [6.07, 6.45) is 3.27. The third-order valence-electron chi connectivity index (χ3n) is 3.37. The third kappa shape index (κ3) is 3.19. The first-order valence-corrected chi connectivity index (χ1v) is 8.97. The molecule has 0 aliphatic carbocycles. The highest BCUT2D eigenvalue weighted by molar-refractivity contribution is 9.09. The maximum absolute atomic E-state index is 12.5. The van der Waals surface area contributed by atoms with E-state index >= 15 is 0 Å². The predicted octanol–water partition coefficient (Wildman–Crippen LogP) is 2.93. The van der Waals surface area contributed by atoms with E-state index in [1.165, 1.54) is 0 Å². The van der Waals surface area contributed by atoms with Crippen LogP contribution in [0, 0.1) is 5.92 Å². The van der Waals surface area contributed by atoms with Crippen LogP contribution in [0.1, 0.15) is 13.8 Å². The fourth-order valence-electron chi connectivity index (χ4n) is 1.89. The van der Waals surface area contributed by atoms with E-state index in [2.05, 4.69) is 25.6 Å². The molecule has 108 valence electrons. The molecule has 0 amide bonds. The molecule has 1 aromatic carbocycles. The van der Waals surface area contributed by atoms with E-state index in [1.54, 1.807) is 30.6 Å². The minimum atomic E-state index is -3.54. The van der Waals surface area contributed by atoms with Gasteiger partial charge < -0.3 is 0 Å². The summed E-state index contributed by atoms with van der Waals surface area (Å²) in [4.78, 5) is 4.31. The van der Waals surface area contributed by atoms with Gasteiger partial charge in [0.15, 0.2) is 0 Å². The second-order valence-corrected chi connectivity index (χ2v) is 7.22. The molecule has 0 bridgehead atoms. The first-order valence-electron chi connectivity index (χ1n) is 6.36. The first-order chi connectivity index (χ1) is 9.45. The lowest BCUT2D eigenvalue weighted by Gasteiger charge is -2.19. The zero-order valence-electron chi connectivity index (χ0n) is 11.4. The molecule has 2 rings (SSSR count). The predicted molar refractivity (Wildman–Crippen MR) is 84.5 cm³/mol. The number of nitrogens with one attached hydrogen (secondary N) is 1. The number of sulfonamides is 1. The number of pyridine rings is 1. The SMILES string of the molecule is CC(CBr)C(C)NS(=O)(=O)c1cccc2cnccc12. The molecule has 0 radical (unpaired) electrons. The van der Waals surface area contributed by atoms with Crippen molar-refractivity contribution in [3.05, 3.63) is 36.7 Å². The van der Waals surface area contributed by atoms with Gasteiger partial charge in [-0.1, -0.05) is 35.0 Å². The van der Waals surface area contributed by atoms with E-state index in [9.17, 15) is 8.42 Å². The minimum Gasteiger partial charge on any atom is -0.264 e. The maximum Gasteiger partial charge on any atom is 0.241 e. The molecule has 0 aliphatic rings. The Labute approximate surface area is 127 Å². The second-order valence-electron chi connectivity index (χ2n) is 4.89. The Morgan fingerprint density at radius 2 is 2.05 bits per heavy atom. The van der Waals surface area contributed by atoms with E-state index in [4.69, 9.17) is 0 Å². The normalized spacial score (nSPS) is 15.2. The number of hydrogen-bond donors (Lipinski definition) is 1. The standard InChI is InChI=1S/C14H17BrN2O2S/c1-10(8-15)11(2)17-20(18,19)14-5-3-4-12-9-16-7-6-13(12)14/h3-7,9-11,17H,8H2,1-2H3. The summed E-state index contributed by atoms with van der Waals surface area (Å²) in [5, 5.41) is 2.25. The van der Waals surface area contributed by atoms with Crippen LogP contribution in [0.15, 0.2) is 41.6 Å². The summed E-state index contributed by atoms with van der Waals surface area (Å²) in [6, 6.07) is 6.79. The van der Waals surface area contributed by atoms with Gasteiger partial charge in [-0.25, -0.2) is 13.1 Å². The molecule has 4 nitrogen and oxygen atoms in total. The van der Waals surface area contributed by atoms with Gasteiger partial charge in [0.05, 0.1) is 4.90 Å². The Morgan fingerprint density at radius 1 is 1.30 bits per heavy atom. The molecule has 2 atom stereocenters. The summed E-state index contributed by atoms with van der Waals surface area (Å²) in [7, 11) is -3.54. The number of alkyl halides is 1. The van der Waals surface area contributed by atoms with Crippen molar-refractivity contribution in [2.24, 2.45) is 5.92 Å². The van der Waals surface area contributed by atoms with Gasteiger partial charge in [0.25, 0.3) is 0 Å². The summed E-state index contributed by atoms with van der Waals surface area (Å²) < 4.78 is 27.8. The Bertz CT molecular complexity index is 698. The Balaban J connectivity index is 2.42. The van der Waals surface area contributed by atoms with Crippen LogP contribution in [0.25, 0.3) is 10.8 Å². The Hall–Kier alpha value is -0.980. The van der Waals surface area contributed by atoms with Crippen molar-refractivity contribution in [2.45, 2.75) is 24.8 Å². The fourth-order valence-corrected chi connectivity index (χ4v) is 4.03. The van der Waals surface area contributed by atoms with Gasteiger partial charge in [0.1, 0.15) is 0 Å². The van der Waals surface area contributed by atoms with Crippen LogP contribution in [0.5, 0.6) is 0 Å². The maximum atomic E-state index is 12.5. The molecule has 0 saturated carbocycles. The highest BCUT2D eigenvalue weighted by Gasteiger charge is 2.22. The Kier molecular flexibility index (Phi) is 4.78. The molecule has 1 heterocycles. The van der Waals surface area contributed by atoms with E-state index in [-0.39, 0.29) is 12.0 Å². The molecule has 2 unspecified atom stereocenters. The van der Waals surface area contributed by atoms with E-state index in [0.29, 0.717) is 10.3 Å². The lowest BCUT2D eigenvalue weighted by molar-refractivity contribution is 0.484. The van der Waals surface area contributed by atoms with Gasteiger partial charge in [0, 0.05) is 34.5 Å². The lowest BCUT2D eigenvalue weighted by atomic mass is 10.1. The minimum absolute atomic E-state index is 0.142. The molecule has 0 aliphatic heterocycles. The van der Waals surface area contributed by atoms with Crippen LogP contribution in [-0.2, 0) is 10.0 Å². The lowest BCUT2D eigenvalue weighted by Crippen LogP contribution is -2.37. The molecule has 0 fully saturated rings. The van der Waals surface area contributed by atoms with Gasteiger partial charge in [-0.05, 0) is 25.0 Å². The monoisotopic (exact) mass is 356 g/mol. The number of aromatic nitrogens is 1. The zero-order valence-corrected chi connectivity index (χ0v) is 13.8. The largest absolute Gasteiger partial charge is 0.264 e. The molecular formula is C14H17BrN2O2S. The fraction of sp³-hybridized carbons (Fsp3) is 0.357. The van der Waals surface area contributed by atoms with Gasteiger partial charge in [0.2, 0.25) is 10.0 Å². The summed E-state index contributed by atoms with van der Waals surface area (Å²) in [5.41, 5.74) is 0. The zero-order chi connectivity index (χ0) is 14.8. The van der Waals surface area contributed by atoms with E-state index in [0.717, 1.165) is 10.7 Å². The number of halogens is 1. The van der Waals surface area contributed by atoms with Crippen LogP contribution >= 0.6 is 15.9 Å². The quantitative estimate of drug-likeness (QED) is 0.837. The van der Waals surface area contributed by atoms with Crippen molar-refractivity contribution in [1.82, 2.24) is 9.71 Å². The van der Waals surface area contributed by atoms with Crippen molar-refractivity contribution in [3.8, 4) is 0 Å². The van der Waals surface area contributed by atoms with Crippen LogP contribution in [0.3, 0.4) is 0 Å². The topological polar surface area (TPSA) is 59.1 Å². The average molecular weight is 357 g/mol. The highest BCUT2D eigenvalue weighted by Crippen LogP contribution is 2.22. The summed E-state index contributed by atoms with van der Waals surface area (Å²) >= 11 is 3.38. The summed E-state index contributed by atoms with van der Waals surface area (Å²) in [5.74, 6) is 0.210. The molecule has 0 saturated heterocycles. The molecule has 1 N–H and O–H groups in total. The van der Waals surface area contributed by atoms with Gasteiger partial charge in [-0.15, -0.1) is 0 Å². The molecule has 2 aromatic rings. The first kappa shape index (κ1) is 15.4. The molecule has 0 spiro atoms. The number of rotatable bonds is 5. The molecule has 6 heteroatoms. The third-order valence-corrected chi connectivity index (χ3v) is 6.01. The van der Waals surface area contributed by atoms with Gasteiger partial charge >= 0.3 is 0 Å². The van der Waals surface area contributed by atoms with E-state index in [1.807, 2.05) is 19.9 Å². The molecular weight excluding hydrogens is 340 g/mol. The van der Waals surface area contributed by atoms with E-state index < -0.39 is 10.0 Å². The van der Waals surface area contributed by atoms with Crippen molar-refractivity contribution in [2.75, 3.05) is 5.33 Å². The number of hydrogen-bond acceptors (Lipinski definition) is 3. The molecule has 1 aromatic heterocycles. The van der Waals surface area contributed by atoms with Crippen LogP contribution < -0.4 is 4.72 Å². The van der Waals surface area contributed by atoms with Gasteiger partial charge in [-0.2, -0.15) is 0 Å². The average Bonchev–Trinajstić information content (AvgIpc) is 2.45. The number of fused-ring (bicyclic) bond motifs is 1. The van der Waals surface area contributed by atoms with Gasteiger partial charge in [-0.3, -0.25) is 4.98 Å². The second kappa shape index (κ2) is 6.20. The van der Waals surface area contributed by atoms with Crippen LogP contribution in [0.2, 0.25) is 0 Å². The molecule has 20 heavy (non-hydrogen) atoms. The van der Waals surface area contributed by atoms with Crippen molar-refractivity contribution in [3.63, 3.8) is 0 Å². The summed E-state index contributed by atoms with van der Waals surface area (Å²) in [6.45, 7) is 3.87. The van der Waals surface area contributed by atoms with Crippen molar-refractivity contribution < 1.29 is 8.42 Å². The number of benzene rings is 1.